The van der Waals surface area contributed by atoms with Gasteiger partial charge in [0.1, 0.15) is 16.9 Å². The van der Waals surface area contributed by atoms with E-state index in [9.17, 15) is 9.59 Å². The summed E-state index contributed by atoms with van der Waals surface area (Å²) in [7, 11) is 1.57. The largest absolute Gasteiger partial charge is 0.497 e. The third kappa shape index (κ3) is 1.79. The van der Waals surface area contributed by atoms with E-state index >= 15 is 0 Å². The van der Waals surface area contributed by atoms with Crippen LogP contribution < -0.4 is 10.4 Å². The summed E-state index contributed by atoms with van der Waals surface area (Å²) in [5.41, 5.74) is 0.0657. The van der Waals surface area contributed by atoms with E-state index in [0.717, 1.165) is 12.8 Å². The highest BCUT2D eigenvalue weighted by atomic mass is 16.5. The zero-order chi connectivity index (χ0) is 12.7. The molecule has 0 amide bonds. The van der Waals surface area contributed by atoms with Crippen molar-refractivity contribution in [1.29, 1.82) is 0 Å². The zero-order valence-corrected chi connectivity index (χ0v) is 9.93. The van der Waals surface area contributed by atoms with E-state index in [1.807, 2.05) is 0 Å². The normalized spacial score (nSPS) is 14.7. The van der Waals surface area contributed by atoms with Crippen molar-refractivity contribution in [2.75, 3.05) is 7.11 Å². The van der Waals surface area contributed by atoms with Gasteiger partial charge in [-0.15, -0.1) is 0 Å². The molecule has 92 valence electrons. The van der Waals surface area contributed by atoms with Crippen molar-refractivity contribution in [2.45, 2.75) is 12.8 Å². The van der Waals surface area contributed by atoms with Gasteiger partial charge in [-0.25, -0.2) is 4.79 Å². The highest BCUT2D eigenvalue weighted by Crippen LogP contribution is 2.32. The first kappa shape index (κ1) is 11.0. The van der Waals surface area contributed by atoms with Crippen LogP contribution in [-0.2, 0) is 0 Å². The predicted octanol–water partition coefficient (Wildman–Crippen LogP) is 2.39. The van der Waals surface area contributed by atoms with Gasteiger partial charge in [0.15, 0.2) is 5.78 Å². The fourth-order valence-corrected chi connectivity index (χ4v) is 1.97. The number of hydrogen-bond acceptors (Lipinski definition) is 4. The molecule has 1 aliphatic carbocycles. The summed E-state index contributed by atoms with van der Waals surface area (Å²) in [4.78, 5) is 23.7. The number of rotatable bonds is 3. The lowest BCUT2D eigenvalue weighted by Gasteiger charge is -2.03. The number of Topliss-reactive ketones (excluding diaryl/α,β-unsaturated/α-hetero) is 1. The summed E-state index contributed by atoms with van der Waals surface area (Å²) in [6, 6.07) is 6.74. The van der Waals surface area contributed by atoms with E-state index in [-0.39, 0.29) is 17.3 Å². The third-order valence-corrected chi connectivity index (χ3v) is 3.15. The minimum atomic E-state index is -0.551. The summed E-state index contributed by atoms with van der Waals surface area (Å²) >= 11 is 0. The Hall–Kier alpha value is -2.10. The highest BCUT2D eigenvalue weighted by Gasteiger charge is 2.32. The van der Waals surface area contributed by atoms with Gasteiger partial charge in [-0.2, -0.15) is 0 Å². The van der Waals surface area contributed by atoms with Gasteiger partial charge in [0.25, 0.3) is 0 Å². The van der Waals surface area contributed by atoms with Crippen molar-refractivity contribution in [3.8, 4) is 5.75 Å². The number of carbonyl (C=O) groups excluding carboxylic acids is 1. The quantitative estimate of drug-likeness (QED) is 0.614. The topological polar surface area (TPSA) is 56.5 Å². The van der Waals surface area contributed by atoms with E-state index in [0.29, 0.717) is 16.7 Å². The lowest BCUT2D eigenvalue weighted by molar-refractivity contribution is 0.0964. The maximum atomic E-state index is 11.9. The molecule has 4 nitrogen and oxygen atoms in total. The van der Waals surface area contributed by atoms with Gasteiger partial charge >= 0.3 is 5.63 Å². The zero-order valence-electron chi connectivity index (χ0n) is 9.93. The second-order valence-electron chi connectivity index (χ2n) is 4.49. The van der Waals surface area contributed by atoms with Gasteiger partial charge in [0.2, 0.25) is 0 Å². The second-order valence-corrected chi connectivity index (χ2v) is 4.49. The maximum Gasteiger partial charge on any atom is 0.347 e. The molecule has 0 spiro atoms. The van der Waals surface area contributed by atoms with Crippen LogP contribution in [-0.4, -0.2) is 12.9 Å². The molecule has 0 N–H and O–H groups in total. The van der Waals surface area contributed by atoms with Gasteiger partial charge in [-0.3, -0.25) is 4.79 Å². The standard InChI is InChI=1S/C14H12O4/c1-17-10-4-5-12-9(6-10)7-11(14(16)18-12)13(15)8-2-3-8/h4-8H,2-3H2,1H3. The molecule has 0 bridgehead atoms. The lowest BCUT2D eigenvalue weighted by atomic mass is 10.1. The van der Waals surface area contributed by atoms with Crippen LogP contribution in [0.2, 0.25) is 0 Å². The molecule has 1 heterocycles. The van der Waals surface area contributed by atoms with E-state index in [2.05, 4.69) is 0 Å². The third-order valence-electron chi connectivity index (χ3n) is 3.15. The van der Waals surface area contributed by atoms with Crippen molar-refractivity contribution in [1.82, 2.24) is 0 Å². The smallest absolute Gasteiger partial charge is 0.347 e. The molecule has 0 atom stereocenters. The Balaban J connectivity index is 2.17. The number of ether oxygens (including phenoxy) is 1. The monoisotopic (exact) mass is 244 g/mol. The number of benzene rings is 1. The molecule has 0 saturated heterocycles. The van der Waals surface area contributed by atoms with Gasteiger partial charge in [-0.05, 0) is 37.1 Å². The van der Waals surface area contributed by atoms with Crippen LogP contribution in [0.1, 0.15) is 23.2 Å². The molecule has 1 aromatic carbocycles. The van der Waals surface area contributed by atoms with Crippen LogP contribution >= 0.6 is 0 Å². The van der Waals surface area contributed by atoms with Crippen LogP contribution in [0, 0.1) is 5.92 Å². The molecule has 2 aromatic rings. The fourth-order valence-electron chi connectivity index (χ4n) is 1.97. The van der Waals surface area contributed by atoms with E-state index < -0.39 is 5.63 Å². The summed E-state index contributed by atoms with van der Waals surface area (Å²) in [5, 5.41) is 0.706. The van der Waals surface area contributed by atoms with E-state index in [1.54, 1.807) is 31.4 Å². The number of hydrogen-bond donors (Lipinski definition) is 0. The molecule has 0 radical (unpaired) electrons. The second kappa shape index (κ2) is 3.98. The minimum Gasteiger partial charge on any atom is -0.497 e. The van der Waals surface area contributed by atoms with Crippen LogP contribution in [0.3, 0.4) is 0 Å². The lowest BCUT2D eigenvalue weighted by Crippen LogP contribution is -2.15. The van der Waals surface area contributed by atoms with Crippen LogP contribution in [0.25, 0.3) is 11.0 Å². The van der Waals surface area contributed by atoms with Crippen LogP contribution in [0.5, 0.6) is 5.75 Å². The summed E-state index contributed by atoms with van der Waals surface area (Å²) < 4.78 is 10.3. The average molecular weight is 244 g/mol. The summed E-state index contributed by atoms with van der Waals surface area (Å²) in [6.45, 7) is 0. The molecule has 3 rings (SSSR count). The molecular formula is C14H12O4. The fraction of sp³-hybridized carbons (Fsp3) is 0.286. The maximum absolute atomic E-state index is 11.9. The molecule has 0 aliphatic heterocycles. The number of methoxy groups -OCH3 is 1. The number of fused-ring (bicyclic) bond motifs is 1. The Kier molecular flexibility index (Phi) is 2.44. The van der Waals surface area contributed by atoms with Crippen molar-refractivity contribution in [3.05, 3.63) is 40.2 Å². The summed E-state index contributed by atoms with van der Waals surface area (Å²) in [5.74, 6) is 0.575. The van der Waals surface area contributed by atoms with Crippen molar-refractivity contribution in [3.63, 3.8) is 0 Å². The molecule has 1 fully saturated rings. The first-order valence-corrected chi connectivity index (χ1v) is 5.85. The van der Waals surface area contributed by atoms with Gasteiger partial charge in [0, 0.05) is 11.3 Å². The average Bonchev–Trinajstić information content (AvgIpc) is 3.21. The number of carbonyl (C=O) groups is 1. The Morgan fingerprint density at radius 3 is 2.78 bits per heavy atom. The first-order chi connectivity index (χ1) is 8.69. The SMILES string of the molecule is COc1ccc2oc(=O)c(C(=O)C3CC3)cc2c1. The van der Waals surface area contributed by atoms with Gasteiger partial charge in [-0.1, -0.05) is 0 Å². The van der Waals surface area contributed by atoms with Crippen molar-refractivity contribution in [2.24, 2.45) is 5.92 Å². The first-order valence-electron chi connectivity index (χ1n) is 5.85. The number of ketones is 1. The molecule has 4 heteroatoms. The molecule has 18 heavy (non-hydrogen) atoms. The van der Waals surface area contributed by atoms with Crippen LogP contribution in [0.15, 0.2) is 33.5 Å². The Bertz CT molecular complexity index is 680. The van der Waals surface area contributed by atoms with E-state index in [1.165, 1.54) is 0 Å². The predicted molar refractivity (Wildman–Crippen MR) is 66.1 cm³/mol. The van der Waals surface area contributed by atoms with Gasteiger partial charge < -0.3 is 9.15 Å². The Labute approximate surface area is 103 Å². The Morgan fingerprint density at radius 2 is 2.11 bits per heavy atom. The van der Waals surface area contributed by atoms with Crippen molar-refractivity contribution < 1.29 is 13.9 Å². The molecular weight excluding hydrogens is 232 g/mol. The van der Waals surface area contributed by atoms with Gasteiger partial charge in [0.05, 0.1) is 7.11 Å². The van der Waals surface area contributed by atoms with E-state index in [4.69, 9.17) is 9.15 Å². The minimum absolute atomic E-state index is 0.0101. The molecule has 1 aromatic heterocycles. The highest BCUT2D eigenvalue weighted by molar-refractivity contribution is 6.01. The van der Waals surface area contributed by atoms with Crippen LogP contribution in [0.4, 0.5) is 0 Å². The molecule has 0 unspecified atom stereocenters. The molecule has 1 aliphatic rings. The Morgan fingerprint density at radius 1 is 1.33 bits per heavy atom. The summed E-state index contributed by atoms with van der Waals surface area (Å²) in [6.07, 6.45) is 1.74. The van der Waals surface area contributed by atoms with Crippen molar-refractivity contribution >= 4 is 16.8 Å². The molecule has 1 saturated carbocycles.